The molecule has 0 atom stereocenters. The summed E-state index contributed by atoms with van der Waals surface area (Å²) < 4.78 is 5.74. The molecule has 0 spiro atoms. The predicted octanol–water partition coefficient (Wildman–Crippen LogP) is 2.89. The third kappa shape index (κ3) is 4.29. The zero-order valence-electron chi connectivity index (χ0n) is 14.4. The minimum absolute atomic E-state index is 0.173. The molecule has 1 aliphatic carbocycles. The fraction of sp³-hybridized carbons (Fsp3) is 0.632. The average molecular weight is 351 g/mol. The maximum absolute atomic E-state index is 13.2. The van der Waals surface area contributed by atoms with E-state index in [1.165, 1.54) is 18.4 Å². The van der Waals surface area contributed by atoms with Crippen molar-refractivity contribution in [2.24, 2.45) is 5.92 Å². The molecule has 1 N–H and O–H groups in total. The molecule has 0 bridgehead atoms. The van der Waals surface area contributed by atoms with Crippen LogP contribution in [0.2, 0.25) is 5.02 Å². The maximum atomic E-state index is 13.2. The Morgan fingerprint density at radius 1 is 1.29 bits per heavy atom. The van der Waals surface area contributed by atoms with Crippen molar-refractivity contribution in [3.8, 4) is 0 Å². The van der Waals surface area contributed by atoms with Gasteiger partial charge in [0.1, 0.15) is 5.60 Å². The summed E-state index contributed by atoms with van der Waals surface area (Å²) >= 11 is 5.95. The highest BCUT2D eigenvalue weighted by atomic mass is 35.5. The Hall–Kier alpha value is -1.10. The normalized spacial score (nSPS) is 19.9. The molecular weight excluding hydrogens is 324 g/mol. The topological polar surface area (TPSA) is 41.6 Å². The standard InChI is InChI=1S/C19H27ClN2O2/c1-24-19(9-11-21-12-10-19)18(23)22(14-16-2-3-16)13-8-15-4-6-17(20)7-5-15/h4-7,16,21H,2-3,8-14H2,1H3. The molecule has 1 aromatic carbocycles. The van der Waals surface area contributed by atoms with Gasteiger partial charge in [0.25, 0.3) is 5.91 Å². The molecular formula is C19H27ClN2O2. The largest absolute Gasteiger partial charge is 0.368 e. The summed E-state index contributed by atoms with van der Waals surface area (Å²) in [4.78, 5) is 15.3. The van der Waals surface area contributed by atoms with Crippen molar-refractivity contribution in [3.63, 3.8) is 0 Å². The van der Waals surface area contributed by atoms with Gasteiger partial charge in [-0.05, 0) is 68.8 Å². The molecule has 1 aliphatic heterocycles. The number of ether oxygens (including phenoxy) is 1. The third-order valence-corrected chi connectivity index (χ3v) is 5.49. The van der Waals surface area contributed by atoms with Crippen LogP contribution in [0.3, 0.4) is 0 Å². The van der Waals surface area contributed by atoms with Crippen LogP contribution >= 0.6 is 11.6 Å². The van der Waals surface area contributed by atoms with Crippen molar-refractivity contribution < 1.29 is 9.53 Å². The lowest BCUT2D eigenvalue weighted by molar-refractivity contribution is -0.158. The smallest absolute Gasteiger partial charge is 0.254 e. The Morgan fingerprint density at radius 2 is 1.96 bits per heavy atom. The molecule has 1 saturated carbocycles. The number of halogens is 1. The Kier molecular flexibility index (Phi) is 5.80. The Balaban J connectivity index is 1.67. The molecule has 0 unspecified atom stereocenters. The highest BCUT2D eigenvalue weighted by Gasteiger charge is 2.43. The number of rotatable bonds is 7. The summed E-state index contributed by atoms with van der Waals surface area (Å²) in [7, 11) is 1.68. The van der Waals surface area contributed by atoms with Crippen molar-refractivity contribution in [2.45, 2.75) is 37.7 Å². The molecule has 1 heterocycles. The first-order valence-electron chi connectivity index (χ1n) is 8.93. The van der Waals surface area contributed by atoms with Crippen LogP contribution in [0, 0.1) is 5.92 Å². The van der Waals surface area contributed by atoms with Crippen molar-refractivity contribution >= 4 is 17.5 Å². The molecule has 1 aromatic rings. The van der Waals surface area contributed by atoms with Gasteiger partial charge in [-0.25, -0.2) is 0 Å². The quantitative estimate of drug-likeness (QED) is 0.822. The van der Waals surface area contributed by atoms with E-state index >= 15 is 0 Å². The van der Waals surface area contributed by atoms with Crippen molar-refractivity contribution in [1.82, 2.24) is 10.2 Å². The number of methoxy groups -OCH3 is 1. The number of nitrogens with zero attached hydrogens (tertiary/aromatic N) is 1. The third-order valence-electron chi connectivity index (χ3n) is 5.24. The average Bonchev–Trinajstić information content (AvgIpc) is 3.44. The molecule has 5 heteroatoms. The maximum Gasteiger partial charge on any atom is 0.254 e. The second-order valence-corrected chi connectivity index (χ2v) is 7.46. The summed E-state index contributed by atoms with van der Waals surface area (Å²) in [5.41, 5.74) is 0.574. The van der Waals surface area contributed by atoms with Gasteiger partial charge in [-0.2, -0.15) is 0 Å². The van der Waals surface area contributed by atoms with E-state index in [-0.39, 0.29) is 5.91 Å². The summed E-state index contributed by atoms with van der Waals surface area (Å²) in [5.74, 6) is 0.849. The van der Waals surface area contributed by atoms with E-state index < -0.39 is 5.60 Å². The summed E-state index contributed by atoms with van der Waals surface area (Å²) in [6, 6.07) is 7.90. The number of carbonyl (C=O) groups excluding carboxylic acids is 1. The zero-order chi connectivity index (χ0) is 17.0. The highest BCUT2D eigenvalue weighted by molar-refractivity contribution is 6.30. The molecule has 4 nitrogen and oxygen atoms in total. The van der Waals surface area contributed by atoms with E-state index in [9.17, 15) is 4.79 Å². The van der Waals surface area contributed by atoms with Crippen LogP contribution in [0.15, 0.2) is 24.3 Å². The molecule has 0 radical (unpaired) electrons. The number of amides is 1. The second-order valence-electron chi connectivity index (χ2n) is 7.02. The Morgan fingerprint density at radius 3 is 2.54 bits per heavy atom. The SMILES string of the molecule is COC1(C(=O)N(CCc2ccc(Cl)cc2)CC2CC2)CCNCC1. The second kappa shape index (κ2) is 7.85. The Labute approximate surface area is 149 Å². The Bertz CT molecular complexity index is 551. The van der Waals surface area contributed by atoms with E-state index in [1.807, 2.05) is 29.2 Å². The van der Waals surface area contributed by atoms with Gasteiger partial charge in [-0.15, -0.1) is 0 Å². The molecule has 2 aliphatic rings. The minimum atomic E-state index is -0.639. The molecule has 1 saturated heterocycles. The van der Waals surface area contributed by atoms with Crippen LogP contribution < -0.4 is 5.32 Å². The van der Waals surface area contributed by atoms with Crippen LogP contribution in [0.25, 0.3) is 0 Å². The molecule has 1 amide bonds. The van der Waals surface area contributed by atoms with Crippen LogP contribution in [0.1, 0.15) is 31.2 Å². The first-order chi connectivity index (χ1) is 11.6. The molecule has 0 aromatic heterocycles. The monoisotopic (exact) mass is 350 g/mol. The van der Waals surface area contributed by atoms with E-state index in [4.69, 9.17) is 16.3 Å². The van der Waals surface area contributed by atoms with Crippen LogP contribution in [-0.4, -0.2) is 49.7 Å². The number of hydrogen-bond donors (Lipinski definition) is 1. The zero-order valence-corrected chi connectivity index (χ0v) is 15.1. The summed E-state index contributed by atoms with van der Waals surface area (Å²) in [6.07, 6.45) is 4.85. The first-order valence-corrected chi connectivity index (χ1v) is 9.30. The number of hydrogen-bond acceptors (Lipinski definition) is 3. The number of carbonyl (C=O) groups is 1. The van der Waals surface area contributed by atoms with Gasteiger partial charge in [0.15, 0.2) is 0 Å². The number of piperidine rings is 1. The lowest BCUT2D eigenvalue weighted by Crippen LogP contribution is -2.56. The van der Waals surface area contributed by atoms with Crippen LogP contribution in [-0.2, 0) is 16.0 Å². The van der Waals surface area contributed by atoms with Crippen molar-refractivity contribution in [1.29, 1.82) is 0 Å². The summed E-state index contributed by atoms with van der Waals surface area (Å²) in [5, 5.41) is 4.07. The summed E-state index contributed by atoms with van der Waals surface area (Å²) in [6.45, 7) is 3.29. The van der Waals surface area contributed by atoms with E-state index in [1.54, 1.807) is 7.11 Å². The minimum Gasteiger partial charge on any atom is -0.368 e. The van der Waals surface area contributed by atoms with Gasteiger partial charge in [0.05, 0.1) is 0 Å². The molecule has 24 heavy (non-hydrogen) atoms. The number of nitrogens with one attached hydrogen (secondary N) is 1. The fourth-order valence-corrected chi connectivity index (χ4v) is 3.55. The van der Waals surface area contributed by atoms with Crippen LogP contribution in [0.5, 0.6) is 0 Å². The number of benzene rings is 1. The van der Waals surface area contributed by atoms with Gasteiger partial charge in [-0.3, -0.25) is 4.79 Å². The van der Waals surface area contributed by atoms with Crippen LogP contribution in [0.4, 0.5) is 0 Å². The lowest BCUT2D eigenvalue weighted by Gasteiger charge is -2.39. The van der Waals surface area contributed by atoms with E-state index in [2.05, 4.69) is 5.32 Å². The molecule has 132 valence electrons. The van der Waals surface area contributed by atoms with Gasteiger partial charge in [-0.1, -0.05) is 23.7 Å². The van der Waals surface area contributed by atoms with Crippen molar-refractivity contribution in [3.05, 3.63) is 34.9 Å². The van der Waals surface area contributed by atoms with Crippen molar-refractivity contribution in [2.75, 3.05) is 33.3 Å². The molecule has 2 fully saturated rings. The van der Waals surface area contributed by atoms with E-state index in [0.717, 1.165) is 50.5 Å². The fourth-order valence-electron chi connectivity index (χ4n) is 3.43. The highest BCUT2D eigenvalue weighted by Crippen LogP contribution is 2.32. The molecule has 3 rings (SSSR count). The van der Waals surface area contributed by atoms with Gasteiger partial charge >= 0.3 is 0 Å². The first kappa shape index (κ1) is 17.7. The van der Waals surface area contributed by atoms with Gasteiger partial charge in [0, 0.05) is 25.2 Å². The van der Waals surface area contributed by atoms with Gasteiger partial charge < -0.3 is 15.0 Å². The van der Waals surface area contributed by atoms with E-state index in [0.29, 0.717) is 5.92 Å². The van der Waals surface area contributed by atoms with Gasteiger partial charge in [0.2, 0.25) is 0 Å². The predicted molar refractivity (Wildman–Crippen MR) is 96.3 cm³/mol. The lowest BCUT2D eigenvalue weighted by atomic mass is 9.90.